The maximum atomic E-state index is 5.44. The fourth-order valence-corrected chi connectivity index (χ4v) is 3.57. The molecular weight excluding hydrogens is 314 g/mol. The number of rotatable bonds is 6. The monoisotopic (exact) mass is 340 g/mol. The first kappa shape index (κ1) is 16.9. The van der Waals surface area contributed by atoms with E-state index in [2.05, 4.69) is 65.2 Å². The van der Waals surface area contributed by atoms with Gasteiger partial charge in [-0.1, -0.05) is 60.7 Å². The Balaban J connectivity index is 1.35. The SMILES string of the molecule is S=C(NCCc1ccccc1)N[C@@H]1CC[NH+](Cc2ccccc2)C1. The predicted molar refractivity (Wildman–Crippen MR) is 103 cm³/mol. The normalized spacial score (nSPS) is 19.8. The van der Waals surface area contributed by atoms with Gasteiger partial charge in [0.2, 0.25) is 0 Å². The summed E-state index contributed by atoms with van der Waals surface area (Å²) in [5.41, 5.74) is 2.75. The molecular formula is C20H26N3S+. The first-order valence-electron chi connectivity index (χ1n) is 8.75. The van der Waals surface area contributed by atoms with Crippen molar-refractivity contribution in [1.82, 2.24) is 10.6 Å². The van der Waals surface area contributed by atoms with Crippen LogP contribution in [0.5, 0.6) is 0 Å². The summed E-state index contributed by atoms with van der Waals surface area (Å²) in [7, 11) is 0. The fourth-order valence-electron chi connectivity index (χ4n) is 3.30. The van der Waals surface area contributed by atoms with E-state index in [-0.39, 0.29) is 0 Å². The van der Waals surface area contributed by atoms with Crippen molar-refractivity contribution in [3.8, 4) is 0 Å². The summed E-state index contributed by atoms with van der Waals surface area (Å²) in [6.07, 6.45) is 2.18. The molecule has 2 aromatic carbocycles. The highest BCUT2D eigenvalue weighted by atomic mass is 32.1. The lowest BCUT2D eigenvalue weighted by atomic mass is 10.1. The molecule has 2 aromatic rings. The van der Waals surface area contributed by atoms with Crippen molar-refractivity contribution in [2.24, 2.45) is 0 Å². The van der Waals surface area contributed by atoms with Crippen molar-refractivity contribution in [2.75, 3.05) is 19.6 Å². The second-order valence-corrected chi connectivity index (χ2v) is 6.90. The van der Waals surface area contributed by atoms with Crippen molar-refractivity contribution < 1.29 is 4.90 Å². The lowest BCUT2D eigenvalue weighted by molar-refractivity contribution is -0.901. The van der Waals surface area contributed by atoms with E-state index >= 15 is 0 Å². The second kappa shape index (κ2) is 8.81. The molecule has 24 heavy (non-hydrogen) atoms. The zero-order valence-electron chi connectivity index (χ0n) is 14.0. The van der Waals surface area contributed by atoms with Crippen molar-refractivity contribution in [1.29, 1.82) is 0 Å². The molecule has 0 spiro atoms. The van der Waals surface area contributed by atoms with Crippen LogP contribution in [0.15, 0.2) is 60.7 Å². The van der Waals surface area contributed by atoms with Gasteiger partial charge >= 0.3 is 0 Å². The van der Waals surface area contributed by atoms with Crippen LogP contribution in [0, 0.1) is 0 Å². The van der Waals surface area contributed by atoms with Crippen LogP contribution in [0.3, 0.4) is 0 Å². The van der Waals surface area contributed by atoms with E-state index in [4.69, 9.17) is 12.2 Å². The van der Waals surface area contributed by atoms with E-state index < -0.39 is 0 Å². The largest absolute Gasteiger partial charge is 0.362 e. The number of thiocarbonyl (C=S) groups is 1. The van der Waals surface area contributed by atoms with Crippen LogP contribution in [-0.2, 0) is 13.0 Å². The van der Waals surface area contributed by atoms with Gasteiger partial charge in [-0.25, -0.2) is 0 Å². The average Bonchev–Trinajstić information content (AvgIpc) is 3.03. The topological polar surface area (TPSA) is 28.5 Å². The number of hydrogen-bond acceptors (Lipinski definition) is 1. The van der Waals surface area contributed by atoms with Crippen LogP contribution in [0.1, 0.15) is 17.5 Å². The highest BCUT2D eigenvalue weighted by Crippen LogP contribution is 2.00. The molecule has 3 N–H and O–H groups in total. The second-order valence-electron chi connectivity index (χ2n) is 6.49. The third-order valence-corrected chi connectivity index (χ3v) is 4.82. The summed E-state index contributed by atoms with van der Waals surface area (Å²) in [5, 5.41) is 7.60. The zero-order valence-corrected chi connectivity index (χ0v) is 14.8. The molecule has 0 aliphatic carbocycles. The van der Waals surface area contributed by atoms with E-state index in [0.29, 0.717) is 6.04 Å². The van der Waals surface area contributed by atoms with E-state index in [1.54, 1.807) is 4.90 Å². The number of hydrogen-bond donors (Lipinski definition) is 3. The van der Waals surface area contributed by atoms with Crippen LogP contribution in [0.25, 0.3) is 0 Å². The van der Waals surface area contributed by atoms with Crippen LogP contribution >= 0.6 is 12.2 Å². The van der Waals surface area contributed by atoms with Gasteiger partial charge in [0.15, 0.2) is 5.11 Å². The van der Waals surface area contributed by atoms with Crippen LogP contribution in [-0.4, -0.2) is 30.8 Å². The van der Waals surface area contributed by atoms with Crippen LogP contribution in [0.2, 0.25) is 0 Å². The van der Waals surface area contributed by atoms with Gasteiger partial charge in [-0.2, -0.15) is 0 Å². The smallest absolute Gasteiger partial charge is 0.166 e. The first-order chi connectivity index (χ1) is 11.8. The Morgan fingerprint density at radius 3 is 2.38 bits per heavy atom. The van der Waals surface area contributed by atoms with Crippen molar-refractivity contribution in [2.45, 2.75) is 25.4 Å². The van der Waals surface area contributed by atoms with E-state index in [0.717, 1.165) is 31.2 Å². The van der Waals surface area contributed by atoms with Gasteiger partial charge in [-0.3, -0.25) is 0 Å². The fraction of sp³-hybridized carbons (Fsp3) is 0.350. The third-order valence-electron chi connectivity index (χ3n) is 4.56. The molecule has 0 radical (unpaired) electrons. The highest BCUT2D eigenvalue weighted by Gasteiger charge is 2.26. The molecule has 4 heteroatoms. The van der Waals surface area contributed by atoms with E-state index in [9.17, 15) is 0 Å². The Morgan fingerprint density at radius 1 is 1.00 bits per heavy atom. The third kappa shape index (κ3) is 5.32. The lowest BCUT2D eigenvalue weighted by Crippen LogP contribution is -3.09. The average molecular weight is 341 g/mol. The predicted octanol–water partition coefficient (Wildman–Crippen LogP) is 1.55. The van der Waals surface area contributed by atoms with Gasteiger partial charge in [0.25, 0.3) is 0 Å². The van der Waals surface area contributed by atoms with Crippen molar-refractivity contribution in [3.63, 3.8) is 0 Å². The Labute approximate surface area is 150 Å². The summed E-state index contributed by atoms with van der Waals surface area (Å²) in [5.74, 6) is 0. The number of likely N-dealkylation sites (tertiary alicyclic amines) is 1. The van der Waals surface area contributed by atoms with Gasteiger partial charge in [-0.05, 0) is 24.2 Å². The molecule has 0 bridgehead atoms. The summed E-state index contributed by atoms with van der Waals surface area (Å²) in [6, 6.07) is 21.7. The maximum absolute atomic E-state index is 5.44. The summed E-state index contributed by atoms with van der Waals surface area (Å²) >= 11 is 5.44. The number of nitrogens with one attached hydrogen (secondary N) is 3. The molecule has 1 aliphatic heterocycles. The molecule has 1 unspecified atom stereocenters. The molecule has 0 aromatic heterocycles. The first-order valence-corrected chi connectivity index (χ1v) is 9.16. The lowest BCUT2D eigenvalue weighted by Gasteiger charge is -2.16. The minimum absolute atomic E-state index is 0.487. The number of quaternary nitrogens is 1. The Bertz CT molecular complexity index is 630. The molecule has 1 aliphatic rings. The van der Waals surface area contributed by atoms with Crippen LogP contribution in [0.4, 0.5) is 0 Å². The van der Waals surface area contributed by atoms with Gasteiger partial charge in [0.05, 0.1) is 19.1 Å². The summed E-state index contributed by atoms with van der Waals surface area (Å²) < 4.78 is 0. The molecule has 1 fully saturated rings. The highest BCUT2D eigenvalue weighted by molar-refractivity contribution is 7.80. The van der Waals surface area contributed by atoms with Crippen molar-refractivity contribution >= 4 is 17.3 Å². The molecule has 2 atom stereocenters. The molecule has 1 heterocycles. The molecule has 0 amide bonds. The zero-order chi connectivity index (χ0) is 16.6. The Hall–Kier alpha value is -1.91. The minimum Gasteiger partial charge on any atom is -0.362 e. The van der Waals surface area contributed by atoms with Gasteiger partial charge in [0.1, 0.15) is 6.54 Å². The Morgan fingerprint density at radius 2 is 1.67 bits per heavy atom. The Kier molecular flexibility index (Phi) is 6.21. The standard InChI is InChI=1S/C20H25N3S/c24-20(21-13-11-17-7-3-1-4-8-17)22-19-12-14-23(16-19)15-18-9-5-2-6-10-18/h1-10,19H,11-16H2,(H2,21,22,24)/p+1/t19-/m1/s1. The molecule has 1 saturated heterocycles. The molecule has 3 nitrogen and oxygen atoms in total. The van der Waals surface area contributed by atoms with Gasteiger partial charge < -0.3 is 15.5 Å². The number of benzene rings is 2. The van der Waals surface area contributed by atoms with Crippen molar-refractivity contribution in [3.05, 3.63) is 71.8 Å². The molecule has 0 saturated carbocycles. The van der Waals surface area contributed by atoms with E-state index in [1.807, 2.05) is 6.07 Å². The van der Waals surface area contributed by atoms with Gasteiger partial charge in [0, 0.05) is 18.5 Å². The summed E-state index contributed by atoms with van der Waals surface area (Å²) in [4.78, 5) is 1.63. The molecule has 126 valence electrons. The molecule has 3 rings (SSSR count). The quantitative estimate of drug-likeness (QED) is 0.697. The maximum Gasteiger partial charge on any atom is 0.166 e. The van der Waals surface area contributed by atoms with Crippen LogP contribution < -0.4 is 15.5 Å². The van der Waals surface area contributed by atoms with Gasteiger partial charge in [-0.15, -0.1) is 0 Å². The minimum atomic E-state index is 0.487. The summed E-state index contributed by atoms with van der Waals surface area (Å²) in [6.45, 7) is 4.32. The van der Waals surface area contributed by atoms with E-state index in [1.165, 1.54) is 24.1 Å².